The lowest BCUT2D eigenvalue weighted by molar-refractivity contribution is -0.133. The first-order chi connectivity index (χ1) is 14.2. The number of ether oxygens (including phenoxy) is 1. The lowest BCUT2D eigenvalue weighted by Crippen LogP contribution is -2.49. The van der Waals surface area contributed by atoms with Gasteiger partial charge in [0.1, 0.15) is 0 Å². The van der Waals surface area contributed by atoms with Gasteiger partial charge in [0.15, 0.2) is 5.60 Å². The summed E-state index contributed by atoms with van der Waals surface area (Å²) in [5.41, 5.74) is 2.37. The molecule has 0 aliphatic carbocycles. The van der Waals surface area contributed by atoms with Crippen LogP contribution in [-0.4, -0.2) is 35.9 Å². The number of hydrogen-bond acceptors (Lipinski definition) is 3. The van der Waals surface area contributed by atoms with Gasteiger partial charge in [0.2, 0.25) is 5.78 Å². The molecule has 3 aromatic rings. The monoisotopic (exact) mass is 419 g/mol. The van der Waals surface area contributed by atoms with Crippen LogP contribution in [0.5, 0.6) is 0 Å². The van der Waals surface area contributed by atoms with E-state index in [9.17, 15) is 4.79 Å². The molecule has 1 saturated heterocycles. The minimum absolute atomic E-state index is 0. The van der Waals surface area contributed by atoms with E-state index in [4.69, 9.17) is 4.74 Å². The summed E-state index contributed by atoms with van der Waals surface area (Å²) in [7, 11) is 0. The van der Waals surface area contributed by atoms with Crippen LogP contribution < -0.4 is 0 Å². The van der Waals surface area contributed by atoms with E-state index >= 15 is 0 Å². The highest BCUT2D eigenvalue weighted by atomic mass is 35.5. The number of hydrogen-bond donors (Lipinski definition) is 0. The molecule has 0 amide bonds. The molecule has 0 atom stereocenters. The molecular formula is C26H26ClNO2. The molecule has 2 heterocycles. The summed E-state index contributed by atoms with van der Waals surface area (Å²) in [6.45, 7) is 2.83. The first kappa shape index (κ1) is 20.6. The predicted molar refractivity (Wildman–Crippen MR) is 124 cm³/mol. The Balaban J connectivity index is 0.00000218. The maximum Gasteiger partial charge on any atom is 0.210 e. The number of Topliss-reactive ketones (excluding diaryl/α,β-unsaturated/α-hetero) is 1. The van der Waals surface area contributed by atoms with Crippen molar-refractivity contribution in [3.05, 3.63) is 90.2 Å². The quantitative estimate of drug-likeness (QED) is 0.576. The highest BCUT2D eigenvalue weighted by Crippen LogP contribution is 2.39. The highest BCUT2D eigenvalue weighted by Gasteiger charge is 2.47. The van der Waals surface area contributed by atoms with Crippen LogP contribution in [0, 0.1) is 0 Å². The molecule has 0 bridgehead atoms. The molecule has 3 aromatic carbocycles. The van der Waals surface area contributed by atoms with Crippen molar-refractivity contribution in [3.8, 4) is 0 Å². The van der Waals surface area contributed by atoms with Crippen molar-refractivity contribution in [2.24, 2.45) is 0 Å². The molecule has 0 unspecified atom stereocenters. The molecule has 1 spiro atoms. The van der Waals surface area contributed by atoms with Crippen molar-refractivity contribution < 1.29 is 9.53 Å². The first-order valence-electron chi connectivity index (χ1n) is 10.4. The van der Waals surface area contributed by atoms with Gasteiger partial charge in [-0.05, 0) is 34.4 Å². The zero-order valence-electron chi connectivity index (χ0n) is 16.9. The second-order valence-corrected chi connectivity index (χ2v) is 8.11. The Labute approximate surface area is 183 Å². The van der Waals surface area contributed by atoms with Crippen LogP contribution in [0.15, 0.2) is 79.1 Å². The van der Waals surface area contributed by atoms with E-state index in [1.54, 1.807) is 6.26 Å². The van der Waals surface area contributed by atoms with E-state index in [-0.39, 0.29) is 18.2 Å². The number of nitrogens with zero attached hydrogens (tertiary/aromatic N) is 1. The minimum atomic E-state index is -0.662. The summed E-state index contributed by atoms with van der Waals surface area (Å²) in [5, 5.41) is 2.33. The summed E-state index contributed by atoms with van der Waals surface area (Å²) >= 11 is 0. The number of ketones is 1. The van der Waals surface area contributed by atoms with Crippen molar-refractivity contribution in [1.82, 2.24) is 4.90 Å². The normalized spacial score (nSPS) is 18.1. The predicted octanol–water partition coefficient (Wildman–Crippen LogP) is 5.28. The van der Waals surface area contributed by atoms with E-state index in [1.807, 2.05) is 18.2 Å². The topological polar surface area (TPSA) is 29.5 Å². The van der Waals surface area contributed by atoms with E-state index in [0.717, 1.165) is 49.8 Å². The summed E-state index contributed by atoms with van der Waals surface area (Å²) in [6, 6.07) is 25.0. The fourth-order valence-corrected chi connectivity index (χ4v) is 4.49. The standard InChI is InChI=1S/C26H25NO2.ClH/c28-25-24(23-11-10-21-8-4-5-9-22(21)18-23)19-29-26(25)13-16-27(17-14-26)15-12-20-6-2-1-3-7-20;/h1-11,18-19H,12-17H2;1H. The average molecular weight is 420 g/mol. The van der Waals surface area contributed by atoms with Crippen molar-refractivity contribution in [1.29, 1.82) is 0 Å². The Morgan fingerprint density at radius 2 is 1.57 bits per heavy atom. The summed E-state index contributed by atoms with van der Waals surface area (Å²) in [5.74, 6) is 0.149. The molecule has 0 radical (unpaired) electrons. The van der Waals surface area contributed by atoms with Gasteiger partial charge in [0.05, 0.1) is 11.8 Å². The van der Waals surface area contributed by atoms with Gasteiger partial charge in [-0.25, -0.2) is 0 Å². The molecule has 0 aromatic heterocycles. The van der Waals surface area contributed by atoms with Gasteiger partial charge >= 0.3 is 0 Å². The SMILES string of the molecule is Cl.O=C1C(c2ccc3ccccc3c2)=COC12CCN(CCc1ccccc1)CC2. The van der Waals surface area contributed by atoms with Crippen molar-refractivity contribution >= 4 is 34.5 Å². The van der Waals surface area contributed by atoms with Gasteiger partial charge in [-0.2, -0.15) is 0 Å². The number of likely N-dealkylation sites (tertiary alicyclic amines) is 1. The molecule has 30 heavy (non-hydrogen) atoms. The summed E-state index contributed by atoms with van der Waals surface area (Å²) in [6.07, 6.45) is 4.26. The van der Waals surface area contributed by atoms with Gasteiger partial charge < -0.3 is 9.64 Å². The molecule has 0 saturated carbocycles. The van der Waals surface area contributed by atoms with E-state index in [2.05, 4.69) is 59.5 Å². The maximum atomic E-state index is 13.3. The second-order valence-electron chi connectivity index (χ2n) is 8.11. The summed E-state index contributed by atoms with van der Waals surface area (Å²) < 4.78 is 6.05. The van der Waals surface area contributed by atoms with E-state index in [0.29, 0.717) is 5.57 Å². The fourth-order valence-electron chi connectivity index (χ4n) is 4.49. The first-order valence-corrected chi connectivity index (χ1v) is 10.4. The molecule has 2 aliphatic rings. The van der Waals surface area contributed by atoms with E-state index in [1.165, 1.54) is 10.9 Å². The fraction of sp³-hybridized carbons (Fsp3) is 0.269. The third-order valence-electron chi connectivity index (χ3n) is 6.34. The number of carbonyl (C=O) groups is 1. The number of rotatable bonds is 4. The van der Waals surface area contributed by atoms with Crippen LogP contribution in [0.1, 0.15) is 24.0 Å². The minimum Gasteiger partial charge on any atom is -0.486 e. The van der Waals surface area contributed by atoms with Crippen molar-refractivity contribution in [2.75, 3.05) is 19.6 Å². The highest BCUT2D eigenvalue weighted by molar-refractivity contribution is 6.26. The molecule has 2 aliphatic heterocycles. The number of halogens is 1. The lowest BCUT2D eigenvalue weighted by atomic mass is 9.83. The van der Waals surface area contributed by atoms with Crippen LogP contribution >= 0.6 is 12.4 Å². The Kier molecular flexibility index (Phi) is 5.94. The number of fused-ring (bicyclic) bond motifs is 1. The Bertz CT molecular complexity index is 1070. The second kappa shape index (κ2) is 8.63. The van der Waals surface area contributed by atoms with Crippen LogP contribution in [0.4, 0.5) is 0 Å². The molecular weight excluding hydrogens is 394 g/mol. The van der Waals surface area contributed by atoms with Gasteiger partial charge in [0, 0.05) is 32.5 Å². The Hall–Kier alpha value is -2.62. The third kappa shape index (κ3) is 3.88. The average Bonchev–Trinajstić information content (AvgIpc) is 3.09. The zero-order valence-corrected chi connectivity index (χ0v) is 17.7. The van der Waals surface area contributed by atoms with Crippen LogP contribution in [0.3, 0.4) is 0 Å². The van der Waals surface area contributed by atoms with E-state index < -0.39 is 5.60 Å². The van der Waals surface area contributed by atoms with Gasteiger partial charge in [-0.3, -0.25) is 4.79 Å². The largest absolute Gasteiger partial charge is 0.486 e. The van der Waals surface area contributed by atoms with Gasteiger partial charge in [-0.15, -0.1) is 12.4 Å². The molecule has 4 heteroatoms. The lowest BCUT2D eigenvalue weighted by Gasteiger charge is -2.37. The van der Waals surface area contributed by atoms with Gasteiger partial charge in [0.25, 0.3) is 0 Å². The van der Waals surface area contributed by atoms with Crippen molar-refractivity contribution in [3.63, 3.8) is 0 Å². The zero-order chi connectivity index (χ0) is 19.7. The number of benzene rings is 3. The molecule has 1 fully saturated rings. The van der Waals surface area contributed by atoms with Crippen LogP contribution in [0.25, 0.3) is 16.3 Å². The molecule has 0 N–H and O–H groups in total. The smallest absolute Gasteiger partial charge is 0.210 e. The van der Waals surface area contributed by atoms with Crippen LogP contribution in [-0.2, 0) is 16.0 Å². The van der Waals surface area contributed by atoms with Gasteiger partial charge in [-0.1, -0.05) is 66.7 Å². The summed E-state index contributed by atoms with van der Waals surface area (Å²) in [4.78, 5) is 15.7. The third-order valence-corrected chi connectivity index (χ3v) is 6.34. The molecule has 3 nitrogen and oxygen atoms in total. The number of carbonyl (C=O) groups excluding carboxylic acids is 1. The Morgan fingerprint density at radius 3 is 2.33 bits per heavy atom. The van der Waals surface area contributed by atoms with Crippen LogP contribution in [0.2, 0.25) is 0 Å². The molecule has 154 valence electrons. The van der Waals surface area contributed by atoms with Crippen molar-refractivity contribution in [2.45, 2.75) is 24.9 Å². The molecule has 5 rings (SSSR count). The maximum absolute atomic E-state index is 13.3. The number of piperidine rings is 1. The Morgan fingerprint density at radius 1 is 0.867 bits per heavy atom.